The van der Waals surface area contributed by atoms with Crippen molar-refractivity contribution in [3.8, 4) is 0 Å². The van der Waals surface area contributed by atoms with Crippen LogP contribution < -0.4 is 26.6 Å². The molecule has 8 nitrogen and oxygen atoms in total. The van der Waals surface area contributed by atoms with Crippen molar-refractivity contribution in [1.82, 2.24) is 10.3 Å². The maximum atomic E-state index is 12.3. The normalized spacial score (nSPS) is 11.3. The second-order valence-electron chi connectivity index (χ2n) is 7.19. The van der Waals surface area contributed by atoms with E-state index in [0.717, 1.165) is 11.3 Å². The van der Waals surface area contributed by atoms with Crippen molar-refractivity contribution in [3.05, 3.63) is 84.2 Å². The molecule has 3 aromatic rings. The minimum absolute atomic E-state index is 0.218. The predicted molar refractivity (Wildman–Crippen MR) is 123 cm³/mol. The van der Waals surface area contributed by atoms with Crippen LogP contribution in [0.2, 0.25) is 0 Å². The number of nitrogens with two attached hydrogens (primary N) is 1. The van der Waals surface area contributed by atoms with Gasteiger partial charge >= 0.3 is 6.03 Å². The van der Waals surface area contributed by atoms with Crippen LogP contribution in [0.15, 0.2) is 73.1 Å². The fraction of sp³-hybridized carbons (Fsp3) is 0.174. The first-order valence-electron chi connectivity index (χ1n) is 9.81. The number of pyridine rings is 1. The van der Waals surface area contributed by atoms with E-state index in [4.69, 9.17) is 5.73 Å². The van der Waals surface area contributed by atoms with Crippen LogP contribution in [-0.2, 0) is 0 Å². The standard InChI is InChI=1S/C23H26N6O2/c1-29(2)20-9-7-18(8-10-20)28-23(31)26-15-21(24)16-3-5-17(6-4-16)22(30)27-19-11-13-25-14-12-19/h3-14,21H,15,24H2,1-2H3,(H,25,27,30)(H2,26,28,31). The van der Waals surface area contributed by atoms with Gasteiger partial charge in [0, 0.05) is 61.7 Å². The van der Waals surface area contributed by atoms with E-state index in [0.29, 0.717) is 16.9 Å². The van der Waals surface area contributed by atoms with E-state index in [-0.39, 0.29) is 18.5 Å². The predicted octanol–water partition coefficient (Wildman–Crippen LogP) is 3.22. The molecule has 0 bridgehead atoms. The molecule has 0 aliphatic heterocycles. The lowest BCUT2D eigenvalue weighted by molar-refractivity contribution is 0.102. The minimum atomic E-state index is -0.404. The van der Waals surface area contributed by atoms with Gasteiger partial charge < -0.3 is 26.6 Å². The summed E-state index contributed by atoms with van der Waals surface area (Å²) in [4.78, 5) is 30.4. The van der Waals surface area contributed by atoms with Crippen LogP contribution in [-0.4, -0.2) is 37.6 Å². The van der Waals surface area contributed by atoms with E-state index in [9.17, 15) is 9.59 Å². The molecule has 0 aliphatic carbocycles. The molecule has 0 saturated heterocycles. The molecule has 2 aromatic carbocycles. The summed E-state index contributed by atoms with van der Waals surface area (Å²) in [6, 6.07) is 17.2. The molecule has 0 radical (unpaired) electrons. The number of nitrogens with one attached hydrogen (secondary N) is 3. The summed E-state index contributed by atoms with van der Waals surface area (Å²) in [7, 11) is 3.91. The number of carbonyl (C=O) groups excluding carboxylic acids is 2. The molecule has 1 unspecified atom stereocenters. The molecule has 1 heterocycles. The van der Waals surface area contributed by atoms with Gasteiger partial charge in [0.05, 0.1) is 0 Å². The van der Waals surface area contributed by atoms with Gasteiger partial charge in [-0.05, 0) is 54.1 Å². The summed E-state index contributed by atoms with van der Waals surface area (Å²) in [5.74, 6) is -0.218. The van der Waals surface area contributed by atoms with Crippen molar-refractivity contribution in [2.75, 3.05) is 36.2 Å². The maximum Gasteiger partial charge on any atom is 0.319 e. The molecule has 1 aromatic heterocycles. The number of anilines is 3. The van der Waals surface area contributed by atoms with Crippen LogP contribution in [0, 0.1) is 0 Å². The monoisotopic (exact) mass is 418 g/mol. The van der Waals surface area contributed by atoms with Gasteiger partial charge in [0.2, 0.25) is 0 Å². The fourth-order valence-electron chi connectivity index (χ4n) is 2.86. The molecule has 3 amide bonds. The maximum absolute atomic E-state index is 12.3. The summed E-state index contributed by atoms with van der Waals surface area (Å²) in [6.45, 7) is 0.254. The van der Waals surface area contributed by atoms with Gasteiger partial charge in [0.1, 0.15) is 0 Å². The highest BCUT2D eigenvalue weighted by molar-refractivity contribution is 6.04. The Morgan fingerprint density at radius 2 is 1.52 bits per heavy atom. The number of urea groups is 1. The summed E-state index contributed by atoms with van der Waals surface area (Å²) >= 11 is 0. The average Bonchev–Trinajstić information content (AvgIpc) is 2.78. The zero-order valence-electron chi connectivity index (χ0n) is 17.5. The molecular formula is C23H26N6O2. The number of nitrogens with zero attached hydrogens (tertiary/aromatic N) is 2. The third-order valence-electron chi connectivity index (χ3n) is 4.66. The summed E-state index contributed by atoms with van der Waals surface area (Å²) in [6.07, 6.45) is 3.22. The zero-order valence-corrected chi connectivity index (χ0v) is 17.5. The van der Waals surface area contributed by atoms with Crippen LogP contribution >= 0.6 is 0 Å². The number of carbonyl (C=O) groups is 2. The second-order valence-corrected chi connectivity index (χ2v) is 7.19. The Morgan fingerprint density at radius 1 is 0.903 bits per heavy atom. The Bertz CT molecular complexity index is 1000. The van der Waals surface area contributed by atoms with Gasteiger partial charge in [-0.1, -0.05) is 12.1 Å². The topological polar surface area (TPSA) is 112 Å². The molecule has 8 heteroatoms. The molecule has 0 spiro atoms. The van der Waals surface area contributed by atoms with Crippen molar-refractivity contribution in [1.29, 1.82) is 0 Å². The van der Waals surface area contributed by atoms with Gasteiger partial charge in [-0.25, -0.2) is 4.79 Å². The van der Waals surface area contributed by atoms with Crippen molar-refractivity contribution in [3.63, 3.8) is 0 Å². The van der Waals surface area contributed by atoms with Gasteiger partial charge in [-0.15, -0.1) is 0 Å². The third-order valence-corrected chi connectivity index (χ3v) is 4.66. The van der Waals surface area contributed by atoms with Gasteiger partial charge in [0.25, 0.3) is 5.91 Å². The summed E-state index contributed by atoms with van der Waals surface area (Å²) < 4.78 is 0. The Balaban J connectivity index is 1.49. The van der Waals surface area contributed by atoms with Crippen molar-refractivity contribution >= 4 is 29.0 Å². The Kier molecular flexibility index (Phi) is 7.18. The fourth-order valence-corrected chi connectivity index (χ4v) is 2.86. The highest BCUT2D eigenvalue weighted by atomic mass is 16.2. The number of rotatable bonds is 7. The smallest absolute Gasteiger partial charge is 0.319 e. The van der Waals surface area contributed by atoms with Crippen LogP contribution in [0.4, 0.5) is 21.9 Å². The zero-order chi connectivity index (χ0) is 22.2. The first-order chi connectivity index (χ1) is 14.9. The molecule has 160 valence electrons. The van der Waals surface area contributed by atoms with Crippen molar-refractivity contribution in [2.24, 2.45) is 5.73 Å². The van der Waals surface area contributed by atoms with Crippen LogP contribution in [0.25, 0.3) is 0 Å². The van der Waals surface area contributed by atoms with E-state index >= 15 is 0 Å². The number of hydrogen-bond donors (Lipinski definition) is 4. The van der Waals surface area contributed by atoms with E-state index in [1.165, 1.54) is 0 Å². The van der Waals surface area contributed by atoms with Crippen molar-refractivity contribution < 1.29 is 9.59 Å². The quantitative estimate of drug-likeness (QED) is 0.471. The van der Waals surface area contributed by atoms with Crippen LogP contribution in [0.3, 0.4) is 0 Å². The molecule has 31 heavy (non-hydrogen) atoms. The molecule has 0 aliphatic rings. The molecule has 0 fully saturated rings. The molecule has 1 atom stereocenters. The van der Waals surface area contributed by atoms with E-state index in [2.05, 4.69) is 20.9 Å². The average molecular weight is 419 g/mol. The van der Waals surface area contributed by atoms with E-state index < -0.39 is 6.04 Å². The Hall–Kier alpha value is -3.91. The third kappa shape index (κ3) is 6.28. The van der Waals surface area contributed by atoms with Crippen LogP contribution in [0.5, 0.6) is 0 Å². The summed E-state index contributed by atoms with van der Waals surface area (Å²) in [5, 5.41) is 8.35. The molecule has 3 rings (SSSR count). The molecular weight excluding hydrogens is 392 g/mol. The van der Waals surface area contributed by atoms with E-state index in [1.54, 1.807) is 48.8 Å². The first kappa shape index (κ1) is 21.8. The first-order valence-corrected chi connectivity index (χ1v) is 9.81. The Labute approximate surface area is 181 Å². The van der Waals surface area contributed by atoms with E-state index in [1.807, 2.05) is 43.3 Å². The lowest BCUT2D eigenvalue weighted by Gasteiger charge is -2.15. The van der Waals surface area contributed by atoms with Crippen molar-refractivity contribution in [2.45, 2.75) is 6.04 Å². The largest absolute Gasteiger partial charge is 0.378 e. The number of hydrogen-bond acceptors (Lipinski definition) is 5. The minimum Gasteiger partial charge on any atom is -0.378 e. The second kappa shape index (κ2) is 10.2. The van der Waals surface area contributed by atoms with Gasteiger partial charge in [-0.2, -0.15) is 0 Å². The van der Waals surface area contributed by atoms with Gasteiger partial charge in [0.15, 0.2) is 0 Å². The lowest BCUT2D eigenvalue weighted by atomic mass is 10.1. The number of amides is 3. The summed E-state index contributed by atoms with van der Waals surface area (Å²) in [5.41, 5.74) is 9.93. The molecule has 5 N–H and O–H groups in total. The Morgan fingerprint density at radius 3 is 2.13 bits per heavy atom. The van der Waals surface area contributed by atoms with Gasteiger partial charge in [-0.3, -0.25) is 9.78 Å². The number of aromatic nitrogens is 1. The highest BCUT2D eigenvalue weighted by Crippen LogP contribution is 2.16. The lowest BCUT2D eigenvalue weighted by Crippen LogP contribution is -2.35. The highest BCUT2D eigenvalue weighted by Gasteiger charge is 2.11. The van der Waals surface area contributed by atoms with Crippen LogP contribution in [0.1, 0.15) is 22.0 Å². The SMILES string of the molecule is CN(C)c1ccc(NC(=O)NCC(N)c2ccc(C(=O)Nc3ccncc3)cc2)cc1. The molecule has 0 saturated carbocycles. The number of benzene rings is 2.